The van der Waals surface area contributed by atoms with Crippen LogP contribution in [0.5, 0.6) is 5.75 Å². The lowest BCUT2D eigenvalue weighted by Crippen LogP contribution is -2.22. The van der Waals surface area contributed by atoms with Gasteiger partial charge >= 0.3 is 0 Å². The number of hydrogen-bond donors (Lipinski definition) is 3. The van der Waals surface area contributed by atoms with Crippen molar-refractivity contribution in [2.75, 3.05) is 22.5 Å². The first-order chi connectivity index (χ1) is 12.5. The zero-order valence-electron chi connectivity index (χ0n) is 15.3. The van der Waals surface area contributed by atoms with Gasteiger partial charge in [0, 0.05) is 17.8 Å². The van der Waals surface area contributed by atoms with Crippen molar-refractivity contribution in [3.63, 3.8) is 0 Å². The number of ether oxygens (including phenoxy) is 1. The van der Waals surface area contributed by atoms with Gasteiger partial charge < -0.3 is 20.7 Å². The van der Waals surface area contributed by atoms with Crippen molar-refractivity contribution in [1.29, 1.82) is 0 Å². The molecule has 0 saturated heterocycles. The molecule has 0 aliphatic rings. The zero-order chi connectivity index (χ0) is 18.9. The normalized spacial score (nSPS) is 10.3. The molecule has 0 spiro atoms. The van der Waals surface area contributed by atoms with Crippen LogP contribution in [0.1, 0.15) is 27.2 Å². The van der Waals surface area contributed by atoms with Gasteiger partial charge in [0.2, 0.25) is 11.8 Å². The van der Waals surface area contributed by atoms with Crippen LogP contribution in [0.3, 0.4) is 0 Å². The molecule has 0 radical (unpaired) electrons. The predicted molar refractivity (Wildman–Crippen MR) is 105 cm³/mol. The van der Waals surface area contributed by atoms with Crippen LogP contribution in [0, 0.1) is 0 Å². The molecule has 0 aliphatic heterocycles. The second kappa shape index (κ2) is 9.46. The first-order valence-electron chi connectivity index (χ1n) is 8.67. The zero-order valence-corrected chi connectivity index (χ0v) is 15.3. The maximum atomic E-state index is 12.2. The molecule has 0 aromatic heterocycles. The van der Waals surface area contributed by atoms with Crippen LogP contribution in [0.2, 0.25) is 0 Å². The molecule has 6 heteroatoms. The second-order valence-corrected chi connectivity index (χ2v) is 6.05. The summed E-state index contributed by atoms with van der Waals surface area (Å²) in [5.41, 5.74) is 2.04. The van der Waals surface area contributed by atoms with Crippen LogP contribution in [0.4, 0.5) is 17.1 Å². The third-order valence-corrected chi connectivity index (χ3v) is 3.44. The third kappa shape index (κ3) is 6.12. The molecule has 0 fully saturated rings. The Morgan fingerprint density at radius 1 is 0.962 bits per heavy atom. The molecule has 2 rings (SSSR count). The number of hydrogen-bond acceptors (Lipinski definition) is 4. The summed E-state index contributed by atoms with van der Waals surface area (Å²) in [7, 11) is 0. The molecule has 0 saturated carbocycles. The van der Waals surface area contributed by atoms with Crippen molar-refractivity contribution in [1.82, 2.24) is 0 Å². The second-order valence-electron chi connectivity index (χ2n) is 6.05. The molecule has 0 bridgehead atoms. The monoisotopic (exact) mass is 355 g/mol. The Bertz CT molecular complexity index is 759. The van der Waals surface area contributed by atoms with Crippen LogP contribution in [0.15, 0.2) is 48.5 Å². The Morgan fingerprint density at radius 2 is 1.62 bits per heavy atom. The molecule has 6 nitrogen and oxygen atoms in total. The number of rotatable bonds is 8. The summed E-state index contributed by atoms with van der Waals surface area (Å²) >= 11 is 0. The van der Waals surface area contributed by atoms with Crippen molar-refractivity contribution in [3.05, 3.63) is 48.5 Å². The Balaban J connectivity index is 1.93. The standard InChI is InChI=1S/C20H25N3O3/c1-4-19(24)22-15-8-7-9-16(12-15)23-20(25)13-21-17-10-5-6-11-18(17)26-14(2)3/h5-12,14,21H,4,13H2,1-3H3,(H,22,24)(H,23,25). The largest absolute Gasteiger partial charge is 0.489 e. The van der Waals surface area contributed by atoms with E-state index in [9.17, 15) is 9.59 Å². The van der Waals surface area contributed by atoms with Gasteiger partial charge in [-0.05, 0) is 44.2 Å². The summed E-state index contributed by atoms with van der Waals surface area (Å²) in [6.07, 6.45) is 0.450. The Hall–Kier alpha value is -3.02. The van der Waals surface area contributed by atoms with Crippen molar-refractivity contribution in [3.8, 4) is 5.75 Å². The summed E-state index contributed by atoms with van der Waals surface area (Å²) in [4.78, 5) is 23.7. The first kappa shape index (κ1) is 19.3. The van der Waals surface area contributed by atoms with Crippen molar-refractivity contribution in [2.45, 2.75) is 33.3 Å². The van der Waals surface area contributed by atoms with Crippen molar-refractivity contribution < 1.29 is 14.3 Å². The molecule has 138 valence electrons. The molecule has 0 unspecified atom stereocenters. The molecule has 0 atom stereocenters. The van der Waals surface area contributed by atoms with Gasteiger partial charge in [-0.25, -0.2) is 0 Å². The molecule has 2 aromatic carbocycles. The van der Waals surface area contributed by atoms with Gasteiger partial charge in [0.15, 0.2) is 0 Å². The van der Waals surface area contributed by atoms with Crippen molar-refractivity contribution in [2.24, 2.45) is 0 Å². The number of anilines is 3. The fraction of sp³-hybridized carbons (Fsp3) is 0.300. The van der Waals surface area contributed by atoms with E-state index in [1.165, 1.54) is 0 Å². The Labute approximate surface area is 153 Å². The SMILES string of the molecule is CCC(=O)Nc1cccc(NC(=O)CNc2ccccc2OC(C)C)c1. The maximum absolute atomic E-state index is 12.2. The van der Waals surface area contributed by atoms with Crippen LogP contribution in [-0.2, 0) is 9.59 Å². The Morgan fingerprint density at radius 3 is 2.27 bits per heavy atom. The highest BCUT2D eigenvalue weighted by molar-refractivity contribution is 5.95. The quantitative estimate of drug-likeness (QED) is 0.671. The van der Waals surface area contributed by atoms with Crippen LogP contribution < -0.4 is 20.7 Å². The Kier molecular flexibility index (Phi) is 7.02. The summed E-state index contributed by atoms with van der Waals surface area (Å²) in [5.74, 6) is 0.444. The molecule has 3 N–H and O–H groups in total. The molecule has 0 aliphatic carbocycles. The van der Waals surface area contributed by atoms with E-state index in [2.05, 4.69) is 16.0 Å². The van der Waals surface area contributed by atoms with E-state index in [0.29, 0.717) is 23.5 Å². The minimum absolute atomic E-state index is 0.0489. The summed E-state index contributed by atoms with van der Waals surface area (Å²) in [6.45, 7) is 5.79. The highest BCUT2D eigenvalue weighted by Crippen LogP contribution is 2.24. The first-order valence-corrected chi connectivity index (χ1v) is 8.67. The predicted octanol–water partition coefficient (Wildman–Crippen LogP) is 3.87. The molecule has 2 aromatic rings. The fourth-order valence-electron chi connectivity index (χ4n) is 2.27. The van der Waals surface area contributed by atoms with Gasteiger partial charge in [-0.1, -0.05) is 25.1 Å². The van der Waals surface area contributed by atoms with Crippen LogP contribution in [-0.4, -0.2) is 24.5 Å². The fourth-order valence-corrected chi connectivity index (χ4v) is 2.27. The van der Waals surface area contributed by atoms with E-state index in [-0.39, 0.29) is 24.5 Å². The van der Waals surface area contributed by atoms with Crippen LogP contribution >= 0.6 is 0 Å². The molecular formula is C20H25N3O3. The van der Waals surface area contributed by atoms with Gasteiger partial charge in [-0.3, -0.25) is 9.59 Å². The lowest BCUT2D eigenvalue weighted by molar-refractivity contribution is -0.116. The van der Waals surface area contributed by atoms with E-state index in [1.807, 2.05) is 38.1 Å². The van der Waals surface area contributed by atoms with Gasteiger partial charge in [0.05, 0.1) is 18.3 Å². The van der Waals surface area contributed by atoms with E-state index >= 15 is 0 Å². The van der Waals surface area contributed by atoms with E-state index in [4.69, 9.17) is 4.74 Å². The minimum Gasteiger partial charge on any atom is -0.489 e. The molecular weight excluding hydrogens is 330 g/mol. The lowest BCUT2D eigenvalue weighted by Gasteiger charge is -2.15. The van der Waals surface area contributed by atoms with Gasteiger partial charge in [-0.15, -0.1) is 0 Å². The number of carbonyl (C=O) groups excluding carboxylic acids is 2. The molecule has 0 heterocycles. The maximum Gasteiger partial charge on any atom is 0.243 e. The third-order valence-electron chi connectivity index (χ3n) is 3.44. The average molecular weight is 355 g/mol. The minimum atomic E-state index is -0.191. The number of nitrogens with one attached hydrogen (secondary N) is 3. The van der Waals surface area contributed by atoms with Gasteiger partial charge in [0.25, 0.3) is 0 Å². The number of amides is 2. The van der Waals surface area contributed by atoms with Gasteiger partial charge in [0.1, 0.15) is 5.75 Å². The van der Waals surface area contributed by atoms with E-state index < -0.39 is 0 Å². The summed E-state index contributed by atoms with van der Waals surface area (Å²) in [6, 6.07) is 14.6. The molecule has 26 heavy (non-hydrogen) atoms. The highest BCUT2D eigenvalue weighted by atomic mass is 16.5. The van der Waals surface area contributed by atoms with Crippen LogP contribution in [0.25, 0.3) is 0 Å². The van der Waals surface area contributed by atoms with E-state index in [0.717, 1.165) is 5.69 Å². The lowest BCUT2D eigenvalue weighted by atomic mass is 10.2. The number of carbonyl (C=O) groups is 2. The van der Waals surface area contributed by atoms with E-state index in [1.54, 1.807) is 31.2 Å². The van der Waals surface area contributed by atoms with Gasteiger partial charge in [-0.2, -0.15) is 0 Å². The summed E-state index contributed by atoms with van der Waals surface area (Å²) in [5, 5.41) is 8.66. The topological polar surface area (TPSA) is 79.5 Å². The highest BCUT2D eigenvalue weighted by Gasteiger charge is 2.08. The smallest absolute Gasteiger partial charge is 0.243 e. The van der Waals surface area contributed by atoms with Crippen molar-refractivity contribution >= 4 is 28.9 Å². The molecule has 2 amide bonds. The average Bonchev–Trinajstić information content (AvgIpc) is 2.60. The number of para-hydroxylation sites is 2. The summed E-state index contributed by atoms with van der Waals surface area (Å²) < 4.78 is 5.72. The number of benzene rings is 2.